The van der Waals surface area contributed by atoms with Gasteiger partial charge in [-0.3, -0.25) is 0 Å². The number of ether oxygens (including phenoxy) is 2. The van der Waals surface area contributed by atoms with Crippen LogP contribution in [0.4, 0.5) is 0 Å². The number of benzene rings is 2. The highest BCUT2D eigenvalue weighted by atomic mass is 79.9. The summed E-state index contributed by atoms with van der Waals surface area (Å²) in [4.78, 5) is 0. The molecule has 0 atom stereocenters. The SMILES string of the molecule is COc1cc(Br)cc(C=NO)c1OCCc1ccccc1. The van der Waals surface area contributed by atoms with Gasteiger partial charge in [0.15, 0.2) is 11.5 Å². The minimum Gasteiger partial charge on any atom is -0.493 e. The highest BCUT2D eigenvalue weighted by molar-refractivity contribution is 9.10. The second kappa shape index (κ2) is 7.69. The number of hydrogen-bond acceptors (Lipinski definition) is 4. The maximum absolute atomic E-state index is 8.76. The third-order valence-corrected chi connectivity index (χ3v) is 3.40. The quantitative estimate of drug-likeness (QED) is 0.489. The van der Waals surface area contributed by atoms with E-state index >= 15 is 0 Å². The van der Waals surface area contributed by atoms with Crippen molar-refractivity contribution in [3.63, 3.8) is 0 Å². The molecule has 0 aliphatic rings. The minimum absolute atomic E-state index is 0.508. The molecule has 0 amide bonds. The normalized spacial score (nSPS) is 10.8. The molecule has 4 nitrogen and oxygen atoms in total. The number of nitrogens with zero attached hydrogens (tertiary/aromatic N) is 1. The van der Waals surface area contributed by atoms with Crippen LogP contribution < -0.4 is 9.47 Å². The monoisotopic (exact) mass is 349 g/mol. The molecule has 0 aromatic heterocycles. The van der Waals surface area contributed by atoms with Crippen molar-refractivity contribution >= 4 is 22.1 Å². The molecule has 0 saturated heterocycles. The summed E-state index contributed by atoms with van der Waals surface area (Å²) in [6.45, 7) is 0.508. The molecule has 1 N–H and O–H groups in total. The Morgan fingerprint density at radius 3 is 2.67 bits per heavy atom. The molecule has 2 aromatic carbocycles. The first kappa shape index (κ1) is 15.4. The van der Waals surface area contributed by atoms with E-state index in [9.17, 15) is 0 Å². The first-order valence-corrected chi connectivity index (χ1v) is 7.25. The number of halogens is 1. The van der Waals surface area contributed by atoms with Gasteiger partial charge in [0.25, 0.3) is 0 Å². The van der Waals surface area contributed by atoms with Crippen LogP contribution in [0, 0.1) is 0 Å². The van der Waals surface area contributed by atoms with Crippen LogP contribution in [-0.4, -0.2) is 25.1 Å². The molecule has 2 aromatic rings. The van der Waals surface area contributed by atoms with Gasteiger partial charge in [0.1, 0.15) is 0 Å². The molecular formula is C16H16BrNO3. The van der Waals surface area contributed by atoms with Crippen LogP contribution in [0.25, 0.3) is 0 Å². The molecule has 110 valence electrons. The van der Waals surface area contributed by atoms with Gasteiger partial charge in [0.05, 0.1) is 19.9 Å². The van der Waals surface area contributed by atoms with Gasteiger partial charge in [-0.05, 0) is 17.7 Å². The summed E-state index contributed by atoms with van der Waals surface area (Å²) in [7, 11) is 1.58. The summed E-state index contributed by atoms with van der Waals surface area (Å²) >= 11 is 3.38. The van der Waals surface area contributed by atoms with E-state index in [1.54, 1.807) is 13.2 Å². The van der Waals surface area contributed by atoms with Gasteiger partial charge in [-0.25, -0.2) is 0 Å². The standard InChI is InChI=1S/C16H16BrNO3/c1-20-15-10-14(17)9-13(11-18-19)16(15)21-8-7-12-5-3-2-4-6-12/h2-6,9-11,19H,7-8H2,1H3. The Kier molecular flexibility index (Phi) is 5.63. The van der Waals surface area contributed by atoms with E-state index in [1.165, 1.54) is 11.8 Å². The number of oxime groups is 1. The number of hydrogen-bond donors (Lipinski definition) is 1. The van der Waals surface area contributed by atoms with Crippen LogP contribution in [0.15, 0.2) is 52.1 Å². The first-order valence-electron chi connectivity index (χ1n) is 6.46. The lowest BCUT2D eigenvalue weighted by Crippen LogP contribution is -2.05. The zero-order valence-electron chi connectivity index (χ0n) is 11.6. The minimum atomic E-state index is 0.508. The summed E-state index contributed by atoms with van der Waals surface area (Å²) in [5.74, 6) is 1.15. The zero-order valence-corrected chi connectivity index (χ0v) is 13.2. The second-order valence-corrected chi connectivity index (χ2v) is 5.27. The fourth-order valence-corrected chi connectivity index (χ4v) is 2.42. The highest BCUT2D eigenvalue weighted by Gasteiger charge is 2.11. The molecular weight excluding hydrogens is 334 g/mol. The van der Waals surface area contributed by atoms with E-state index in [4.69, 9.17) is 14.7 Å². The lowest BCUT2D eigenvalue weighted by atomic mass is 10.1. The van der Waals surface area contributed by atoms with Crippen LogP contribution in [0.5, 0.6) is 11.5 Å². The van der Waals surface area contributed by atoms with Crippen molar-refractivity contribution in [2.45, 2.75) is 6.42 Å². The molecule has 0 unspecified atom stereocenters. The molecule has 0 spiro atoms. The van der Waals surface area contributed by atoms with Gasteiger partial charge >= 0.3 is 0 Å². The maximum Gasteiger partial charge on any atom is 0.170 e. The van der Waals surface area contributed by atoms with E-state index in [-0.39, 0.29) is 0 Å². The van der Waals surface area contributed by atoms with Gasteiger partial charge in [-0.2, -0.15) is 0 Å². The summed E-state index contributed by atoms with van der Waals surface area (Å²) in [5, 5.41) is 11.8. The van der Waals surface area contributed by atoms with E-state index in [0.29, 0.717) is 23.7 Å². The highest BCUT2D eigenvalue weighted by Crippen LogP contribution is 2.34. The third kappa shape index (κ3) is 4.23. The van der Waals surface area contributed by atoms with E-state index in [0.717, 1.165) is 10.9 Å². The average molecular weight is 350 g/mol. The molecule has 0 aliphatic carbocycles. The van der Waals surface area contributed by atoms with Crippen LogP contribution >= 0.6 is 15.9 Å². The molecule has 0 radical (unpaired) electrons. The van der Waals surface area contributed by atoms with Crippen molar-refractivity contribution in [3.05, 3.63) is 58.1 Å². The number of methoxy groups -OCH3 is 1. The fraction of sp³-hybridized carbons (Fsp3) is 0.188. The molecule has 0 saturated carbocycles. The van der Waals surface area contributed by atoms with Crippen molar-refractivity contribution in [1.29, 1.82) is 0 Å². The lowest BCUT2D eigenvalue weighted by Gasteiger charge is -2.13. The van der Waals surface area contributed by atoms with Gasteiger partial charge in [-0.1, -0.05) is 51.4 Å². The fourth-order valence-electron chi connectivity index (χ4n) is 1.97. The largest absolute Gasteiger partial charge is 0.493 e. The number of rotatable bonds is 6. The smallest absolute Gasteiger partial charge is 0.170 e. The molecule has 21 heavy (non-hydrogen) atoms. The second-order valence-electron chi connectivity index (χ2n) is 4.36. The molecule has 0 aliphatic heterocycles. The van der Waals surface area contributed by atoms with Gasteiger partial charge < -0.3 is 14.7 Å². The Bertz CT molecular complexity index is 614. The molecule has 2 rings (SSSR count). The average Bonchev–Trinajstić information content (AvgIpc) is 2.50. The Hall–Kier alpha value is -2.01. The molecule has 0 fully saturated rings. The molecule has 0 bridgehead atoms. The predicted octanol–water partition coefficient (Wildman–Crippen LogP) is 3.89. The van der Waals surface area contributed by atoms with Crippen molar-refractivity contribution < 1.29 is 14.7 Å². The van der Waals surface area contributed by atoms with E-state index in [2.05, 4.69) is 33.2 Å². The van der Waals surface area contributed by atoms with Crippen molar-refractivity contribution in [3.8, 4) is 11.5 Å². The first-order chi connectivity index (χ1) is 10.2. The van der Waals surface area contributed by atoms with Crippen LogP contribution in [0.2, 0.25) is 0 Å². The summed E-state index contributed by atoms with van der Waals surface area (Å²) in [5.41, 5.74) is 1.85. The zero-order chi connectivity index (χ0) is 15.1. The summed E-state index contributed by atoms with van der Waals surface area (Å²) < 4.78 is 12.0. The van der Waals surface area contributed by atoms with Crippen molar-refractivity contribution in [2.75, 3.05) is 13.7 Å². The van der Waals surface area contributed by atoms with E-state index in [1.807, 2.05) is 24.3 Å². The topological polar surface area (TPSA) is 51.0 Å². The Morgan fingerprint density at radius 1 is 1.24 bits per heavy atom. The Labute approximate surface area is 132 Å². The van der Waals surface area contributed by atoms with Crippen LogP contribution in [0.3, 0.4) is 0 Å². The van der Waals surface area contributed by atoms with Crippen LogP contribution in [0.1, 0.15) is 11.1 Å². The van der Waals surface area contributed by atoms with Crippen LogP contribution in [-0.2, 0) is 6.42 Å². The summed E-state index contributed by atoms with van der Waals surface area (Å²) in [6.07, 6.45) is 2.11. The Balaban J connectivity index is 2.14. The Morgan fingerprint density at radius 2 is 2.00 bits per heavy atom. The van der Waals surface area contributed by atoms with E-state index < -0.39 is 0 Å². The molecule has 0 heterocycles. The van der Waals surface area contributed by atoms with Gasteiger partial charge in [0, 0.05) is 16.5 Å². The van der Waals surface area contributed by atoms with Crippen molar-refractivity contribution in [1.82, 2.24) is 0 Å². The molecule has 5 heteroatoms. The maximum atomic E-state index is 8.76. The van der Waals surface area contributed by atoms with Gasteiger partial charge in [0.2, 0.25) is 0 Å². The third-order valence-electron chi connectivity index (χ3n) is 2.95. The van der Waals surface area contributed by atoms with Gasteiger partial charge in [-0.15, -0.1) is 0 Å². The lowest BCUT2D eigenvalue weighted by molar-refractivity contribution is 0.296. The predicted molar refractivity (Wildman–Crippen MR) is 85.7 cm³/mol. The summed E-state index contributed by atoms with van der Waals surface area (Å²) in [6, 6.07) is 13.7. The van der Waals surface area contributed by atoms with Crippen molar-refractivity contribution in [2.24, 2.45) is 5.16 Å².